The summed E-state index contributed by atoms with van der Waals surface area (Å²) in [6, 6.07) is 17.3. The zero-order chi connectivity index (χ0) is 24.9. The summed E-state index contributed by atoms with van der Waals surface area (Å²) >= 11 is 7.34. The van der Waals surface area contributed by atoms with Crippen LogP contribution in [-0.2, 0) is 17.9 Å². The second-order valence-corrected chi connectivity index (χ2v) is 9.24. The first-order valence-electron chi connectivity index (χ1n) is 11.0. The molecule has 0 atom stereocenters. The highest BCUT2D eigenvalue weighted by atomic mass is 35.5. The molecule has 1 fully saturated rings. The van der Waals surface area contributed by atoms with Crippen LogP contribution in [0.5, 0.6) is 11.5 Å². The summed E-state index contributed by atoms with van der Waals surface area (Å²) in [5, 5.41) is -0.139. The first kappa shape index (κ1) is 24.8. The quantitative estimate of drug-likeness (QED) is 0.305. The fourth-order valence-corrected chi connectivity index (χ4v) is 4.69. The van der Waals surface area contributed by atoms with E-state index in [9.17, 15) is 14.0 Å². The third kappa shape index (κ3) is 5.69. The first-order valence-corrected chi connectivity index (χ1v) is 12.2. The van der Waals surface area contributed by atoms with E-state index in [2.05, 4.69) is 0 Å². The lowest BCUT2D eigenvalue weighted by Gasteiger charge is -2.15. The van der Waals surface area contributed by atoms with Gasteiger partial charge in [0.05, 0.1) is 23.1 Å². The van der Waals surface area contributed by atoms with Gasteiger partial charge in [-0.25, -0.2) is 4.39 Å². The molecule has 4 rings (SSSR count). The van der Waals surface area contributed by atoms with Crippen LogP contribution in [0.3, 0.4) is 0 Å². The molecule has 5 nitrogen and oxygen atoms in total. The molecule has 0 saturated carbocycles. The van der Waals surface area contributed by atoms with Crippen LogP contribution in [0.25, 0.3) is 6.08 Å². The van der Waals surface area contributed by atoms with Crippen molar-refractivity contribution >= 4 is 40.6 Å². The van der Waals surface area contributed by atoms with Crippen LogP contribution in [0.4, 0.5) is 9.18 Å². The summed E-state index contributed by atoms with van der Waals surface area (Å²) in [5.74, 6) is -0.117. The summed E-state index contributed by atoms with van der Waals surface area (Å²) in [7, 11) is 0. The van der Waals surface area contributed by atoms with Gasteiger partial charge in [0.1, 0.15) is 12.4 Å². The zero-order valence-corrected chi connectivity index (χ0v) is 20.8. The van der Waals surface area contributed by atoms with Gasteiger partial charge in [-0.05, 0) is 66.6 Å². The molecule has 180 valence electrons. The number of nitrogens with zero attached hydrogens (tertiary/aromatic N) is 1. The van der Waals surface area contributed by atoms with Gasteiger partial charge in [0.15, 0.2) is 11.5 Å². The van der Waals surface area contributed by atoms with Gasteiger partial charge in [-0.2, -0.15) is 0 Å². The fourth-order valence-electron chi connectivity index (χ4n) is 3.58. The Kier molecular flexibility index (Phi) is 7.78. The van der Waals surface area contributed by atoms with E-state index in [1.807, 2.05) is 38.1 Å². The molecule has 3 aromatic carbocycles. The molecule has 8 heteroatoms. The summed E-state index contributed by atoms with van der Waals surface area (Å²) in [6.07, 6.45) is 1.58. The molecular weight excluding hydrogens is 489 g/mol. The second kappa shape index (κ2) is 11.0. The highest BCUT2D eigenvalue weighted by Gasteiger charge is 2.35. The number of amides is 2. The van der Waals surface area contributed by atoms with Crippen molar-refractivity contribution in [3.63, 3.8) is 0 Å². The number of rotatable bonds is 8. The van der Waals surface area contributed by atoms with Crippen molar-refractivity contribution in [2.45, 2.75) is 27.0 Å². The number of hydrogen-bond donors (Lipinski definition) is 0. The highest BCUT2D eigenvalue weighted by Crippen LogP contribution is 2.40. The Morgan fingerprint density at radius 2 is 1.74 bits per heavy atom. The van der Waals surface area contributed by atoms with Crippen LogP contribution in [0.2, 0.25) is 5.02 Å². The Morgan fingerprint density at radius 1 is 1.03 bits per heavy atom. The van der Waals surface area contributed by atoms with Gasteiger partial charge in [-0.3, -0.25) is 14.5 Å². The van der Waals surface area contributed by atoms with Crippen molar-refractivity contribution in [3.05, 3.63) is 98.7 Å². The number of carbonyl (C=O) groups excluding carboxylic acids is 2. The SMILES string of the molecule is CCOc1cc(/C=C2\SC(=O)N(Cc3ccccc3F)C2=O)cc(Cl)c1OCc1ccccc1C. The highest BCUT2D eigenvalue weighted by molar-refractivity contribution is 8.18. The number of imide groups is 1. The number of carbonyl (C=O) groups is 2. The van der Waals surface area contributed by atoms with Gasteiger partial charge >= 0.3 is 0 Å². The van der Waals surface area contributed by atoms with Gasteiger partial charge in [-0.1, -0.05) is 54.1 Å². The van der Waals surface area contributed by atoms with Gasteiger partial charge in [0, 0.05) is 5.56 Å². The monoisotopic (exact) mass is 511 g/mol. The minimum atomic E-state index is -0.489. The van der Waals surface area contributed by atoms with E-state index in [4.69, 9.17) is 21.1 Å². The fraction of sp³-hybridized carbons (Fsp3) is 0.185. The second-order valence-electron chi connectivity index (χ2n) is 7.84. The Labute approximate surface area is 212 Å². The molecule has 1 aliphatic heterocycles. The molecule has 1 heterocycles. The molecule has 0 unspecified atom stereocenters. The summed E-state index contributed by atoms with van der Waals surface area (Å²) in [6.45, 7) is 4.43. The van der Waals surface area contributed by atoms with Gasteiger partial charge in [0.25, 0.3) is 11.1 Å². The predicted molar refractivity (Wildman–Crippen MR) is 136 cm³/mol. The van der Waals surface area contributed by atoms with E-state index in [0.29, 0.717) is 35.3 Å². The van der Waals surface area contributed by atoms with Crippen molar-refractivity contribution < 1.29 is 23.5 Å². The van der Waals surface area contributed by atoms with E-state index in [1.165, 1.54) is 6.07 Å². The van der Waals surface area contributed by atoms with Crippen molar-refractivity contribution in [1.82, 2.24) is 4.90 Å². The number of halogens is 2. The molecule has 0 N–H and O–H groups in total. The number of aryl methyl sites for hydroxylation is 1. The van der Waals surface area contributed by atoms with Crippen LogP contribution in [0, 0.1) is 12.7 Å². The third-order valence-corrected chi connectivity index (χ3v) is 6.61. The average molecular weight is 512 g/mol. The molecule has 2 amide bonds. The summed E-state index contributed by atoms with van der Waals surface area (Å²) < 4.78 is 25.8. The molecule has 0 aliphatic carbocycles. The molecule has 35 heavy (non-hydrogen) atoms. The zero-order valence-electron chi connectivity index (χ0n) is 19.2. The van der Waals surface area contributed by atoms with Crippen LogP contribution in [-0.4, -0.2) is 22.7 Å². The Morgan fingerprint density at radius 3 is 2.46 bits per heavy atom. The minimum absolute atomic E-state index is 0.134. The summed E-state index contributed by atoms with van der Waals surface area (Å²) in [4.78, 5) is 26.6. The molecule has 0 aromatic heterocycles. The van der Waals surface area contributed by atoms with Gasteiger partial charge < -0.3 is 9.47 Å². The van der Waals surface area contributed by atoms with Gasteiger partial charge in [-0.15, -0.1) is 0 Å². The van der Waals surface area contributed by atoms with Crippen molar-refractivity contribution in [2.24, 2.45) is 0 Å². The van der Waals surface area contributed by atoms with Crippen LogP contribution < -0.4 is 9.47 Å². The standard InChI is InChI=1S/C27H23ClFNO4S/c1-3-33-23-13-18(12-21(28)25(23)34-16-20-10-5-4-8-17(20)2)14-24-26(31)30(27(32)35-24)15-19-9-6-7-11-22(19)29/h4-14H,3,15-16H2,1-2H3/b24-14-. The minimum Gasteiger partial charge on any atom is -0.490 e. The maximum absolute atomic E-state index is 14.0. The molecule has 0 bridgehead atoms. The largest absolute Gasteiger partial charge is 0.490 e. The van der Waals surface area contributed by atoms with Crippen LogP contribution in [0.15, 0.2) is 65.6 Å². The number of ether oxygens (including phenoxy) is 2. The molecule has 0 spiro atoms. The molecule has 1 aliphatic rings. The van der Waals surface area contributed by atoms with Crippen molar-refractivity contribution in [3.8, 4) is 11.5 Å². The van der Waals surface area contributed by atoms with E-state index < -0.39 is 17.0 Å². The molecule has 1 saturated heterocycles. The molecule has 3 aromatic rings. The van der Waals surface area contributed by atoms with E-state index in [1.54, 1.807) is 36.4 Å². The topological polar surface area (TPSA) is 55.8 Å². The molecule has 0 radical (unpaired) electrons. The van der Waals surface area contributed by atoms with Crippen molar-refractivity contribution in [2.75, 3.05) is 6.61 Å². The van der Waals surface area contributed by atoms with Crippen LogP contribution >= 0.6 is 23.4 Å². The maximum Gasteiger partial charge on any atom is 0.293 e. The summed E-state index contributed by atoms with van der Waals surface area (Å²) in [5.41, 5.74) is 2.98. The van der Waals surface area contributed by atoms with E-state index >= 15 is 0 Å². The van der Waals surface area contributed by atoms with Crippen molar-refractivity contribution in [1.29, 1.82) is 0 Å². The maximum atomic E-state index is 14.0. The van der Waals surface area contributed by atoms with E-state index in [-0.39, 0.29) is 17.0 Å². The van der Waals surface area contributed by atoms with Crippen LogP contribution in [0.1, 0.15) is 29.2 Å². The lowest BCUT2D eigenvalue weighted by molar-refractivity contribution is -0.123. The normalized spacial score (nSPS) is 14.6. The Balaban J connectivity index is 1.57. The number of benzene rings is 3. The lowest BCUT2D eigenvalue weighted by atomic mass is 10.1. The van der Waals surface area contributed by atoms with Gasteiger partial charge in [0.2, 0.25) is 0 Å². The van der Waals surface area contributed by atoms with E-state index in [0.717, 1.165) is 27.8 Å². The average Bonchev–Trinajstić information content (AvgIpc) is 3.08. The third-order valence-electron chi connectivity index (χ3n) is 5.42. The predicted octanol–water partition coefficient (Wildman–Crippen LogP) is 7.00. The smallest absolute Gasteiger partial charge is 0.293 e. The number of hydrogen-bond acceptors (Lipinski definition) is 5. The first-order chi connectivity index (χ1) is 16.9. The Bertz CT molecular complexity index is 1310. The number of thioether (sulfide) groups is 1. The Hall–Kier alpha value is -3.29. The lowest BCUT2D eigenvalue weighted by Crippen LogP contribution is -2.27. The molecular formula is C27H23ClFNO4S.